The molecule has 0 unspecified atom stereocenters. The number of carbonyl (C=O) groups is 2. The summed E-state index contributed by atoms with van der Waals surface area (Å²) in [4.78, 5) is 25.3. The molecule has 0 aliphatic carbocycles. The Morgan fingerprint density at radius 3 is 2.28 bits per heavy atom. The summed E-state index contributed by atoms with van der Waals surface area (Å²) in [6.07, 6.45) is -0.778. The normalized spacial score (nSPS) is 12.1. The van der Waals surface area contributed by atoms with Crippen molar-refractivity contribution >= 4 is 50.3 Å². The summed E-state index contributed by atoms with van der Waals surface area (Å²) in [6.45, 7) is 4.11. The second kappa shape index (κ2) is 10.4. The summed E-state index contributed by atoms with van der Waals surface area (Å²) >= 11 is 6.42. The molecule has 0 spiro atoms. The number of sulfonamides is 1. The maximum Gasteiger partial charge on any atom is 0.419 e. The molecule has 3 aromatic rings. The lowest BCUT2D eigenvalue weighted by molar-refractivity contribution is -0.140. The Morgan fingerprint density at radius 2 is 1.72 bits per heavy atom. The van der Waals surface area contributed by atoms with E-state index in [2.05, 4.69) is 0 Å². The van der Waals surface area contributed by atoms with Crippen molar-refractivity contribution in [3.8, 4) is 5.75 Å². The first-order valence-corrected chi connectivity index (χ1v) is 12.6. The minimum atomic E-state index is -4.22. The number of esters is 1. The van der Waals surface area contributed by atoms with Crippen LogP contribution in [0.5, 0.6) is 5.75 Å². The maximum absolute atomic E-state index is 13.5. The number of carbonyl (C=O) groups excluding carboxylic acids is 2. The van der Waals surface area contributed by atoms with Gasteiger partial charge < -0.3 is 19.9 Å². The van der Waals surface area contributed by atoms with E-state index in [1.165, 1.54) is 42.0 Å². The highest BCUT2D eigenvalue weighted by molar-refractivity contribution is 7.89. The minimum Gasteiger partial charge on any atom is -0.497 e. The molecular weight excluding hydrogens is 510 g/mol. The summed E-state index contributed by atoms with van der Waals surface area (Å²) in [5, 5.41) is 0.650. The molecule has 0 aliphatic heterocycles. The van der Waals surface area contributed by atoms with Gasteiger partial charge in [-0.3, -0.25) is 4.79 Å². The van der Waals surface area contributed by atoms with E-state index < -0.39 is 34.2 Å². The molecule has 10 nitrogen and oxygen atoms in total. The predicted molar refractivity (Wildman–Crippen MR) is 136 cm³/mol. The molecule has 0 saturated carbocycles. The number of ether oxygens (including phenoxy) is 3. The number of anilines is 1. The molecule has 0 bridgehead atoms. The minimum absolute atomic E-state index is 0.0790. The van der Waals surface area contributed by atoms with Crippen LogP contribution in [0.1, 0.15) is 26.5 Å². The third-order valence-electron chi connectivity index (χ3n) is 5.17. The number of methoxy groups -OCH3 is 2. The van der Waals surface area contributed by atoms with Gasteiger partial charge in [-0.15, -0.1) is 0 Å². The molecule has 2 N–H and O–H groups in total. The van der Waals surface area contributed by atoms with Crippen molar-refractivity contribution in [1.29, 1.82) is 0 Å². The highest BCUT2D eigenvalue weighted by atomic mass is 35.5. The summed E-state index contributed by atoms with van der Waals surface area (Å²) in [7, 11) is -1.61. The van der Waals surface area contributed by atoms with Gasteiger partial charge in [-0.1, -0.05) is 11.6 Å². The van der Waals surface area contributed by atoms with Crippen LogP contribution < -0.4 is 10.5 Å². The summed E-state index contributed by atoms with van der Waals surface area (Å²) in [6, 6.07) is 10.4. The SMILES string of the molecule is COC(=O)CN(Cc1cc2c(N)ccc(Cl)c2n1C(=O)OC(C)(C)C)S(=O)(=O)c1ccc(OC)cc1. The van der Waals surface area contributed by atoms with Gasteiger partial charge in [0.15, 0.2) is 0 Å². The van der Waals surface area contributed by atoms with E-state index >= 15 is 0 Å². The van der Waals surface area contributed by atoms with Crippen LogP contribution in [0.25, 0.3) is 10.9 Å². The second-order valence-corrected chi connectivity index (χ2v) is 11.2. The Labute approximate surface area is 214 Å². The monoisotopic (exact) mass is 537 g/mol. The molecule has 1 aromatic heterocycles. The van der Waals surface area contributed by atoms with Crippen LogP contribution >= 0.6 is 11.6 Å². The van der Waals surface area contributed by atoms with E-state index in [0.717, 1.165) is 11.4 Å². The number of aromatic nitrogens is 1. The van der Waals surface area contributed by atoms with E-state index in [1.54, 1.807) is 32.9 Å². The van der Waals surface area contributed by atoms with E-state index in [-0.39, 0.29) is 27.7 Å². The van der Waals surface area contributed by atoms with E-state index in [1.807, 2.05) is 0 Å². The van der Waals surface area contributed by atoms with Crippen molar-refractivity contribution in [2.24, 2.45) is 0 Å². The van der Waals surface area contributed by atoms with Gasteiger partial charge in [-0.2, -0.15) is 4.31 Å². The van der Waals surface area contributed by atoms with Crippen LogP contribution in [-0.2, 0) is 30.8 Å². The Morgan fingerprint density at radius 1 is 1.08 bits per heavy atom. The van der Waals surface area contributed by atoms with Gasteiger partial charge in [0.25, 0.3) is 0 Å². The lowest BCUT2D eigenvalue weighted by atomic mass is 10.2. The van der Waals surface area contributed by atoms with E-state index in [0.29, 0.717) is 16.8 Å². The maximum atomic E-state index is 13.5. The first kappa shape index (κ1) is 27.3. The number of rotatable bonds is 7. The van der Waals surface area contributed by atoms with Crippen LogP contribution in [0, 0.1) is 0 Å². The lowest BCUT2D eigenvalue weighted by Gasteiger charge is -2.24. The van der Waals surface area contributed by atoms with E-state index in [4.69, 9.17) is 31.5 Å². The van der Waals surface area contributed by atoms with Crippen LogP contribution in [0.2, 0.25) is 5.02 Å². The predicted octanol–water partition coefficient (Wildman–Crippen LogP) is 4.03. The van der Waals surface area contributed by atoms with Gasteiger partial charge in [0, 0.05) is 16.8 Å². The van der Waals surface area contributed by atoms with Crippen LogP contribution in [0.3, 0.4) is 0 Å². The smallest absolute Gasteiger partial charge is 0.419 e. The van der Waals surface area contributed by atoms with Gasteiger partial charge in [0.05, 0.1) is 36.2 Å². The molecule has 3 rings (SSSR count). The van der Waals surface area contributed by atoms with Crippen molar-refractivity contribution in [3.05, 3.63) is 53.2 Å². The zero-order valence-electron chi connectivity index (χ0n) is 20.6. The summed E-state index contributed by atoms with van der Waals surface area (Å²) < 4.78 is 44.5. The summed E-state index contributed by atoms with van der Waals surface area (Å²) in [5.74, 6) is -0.326. The Kier molecular flexibility index (Phi) is 7.87. The second-order valence-electron chi connectivity index (χ2n) is 8.88. The molecular formula is C24H28ClN3O7S. The molecule has 0 amide bonds. The fourth-order valence-corrected chi connectivity index (χ4v) is 5.10. The molecule has 1 heterocycles. The average molecular weight is 538 g/mol. The largest absolute Gasteiger partial charge is 0.497 e. The Hall–Kier alpha value is -3.28. The molecule has 0 saturated heterocycles. The van der Waals surface area contributed by atoms with Gasteiger partial charge in [-0.25, -0.2) is 17.8 Å². The van der Waals surface area contributed by atoms with Gasteiger partial charge in [0.1, 0.15) is 17.9 Å². The number of halogens is 1. The number of hydrogen-bond acceptors (Lipinski definition) is 8. The van der Waals surface area contributed by atoms with Crippen LogP contribution in [0.4, 0.5) is 10.5 Å². The highest BCUT2D eigenvalue weighted by Crippen LogP contribution is 2.33. The third-order valence-corrected chi connectivity index (χ3v) is 7.28. The number of nitrogens with two attached hydrogens (primary N) is 1. The first-order valence-electron chi connectivity index (χ1n) is 10.8. The van der Waals surface area contributed by atoms with Crippen LogP contribution in [-0.4, -0.2) is 55.7 Å². The quantitative estimate of drug-likeness (QED) is 0.353. The number of hydrogen-bond donors (Lipinski definition) is 1. The van der Waals surface area contributed by atoms with Crippen molar-refractivity contribution < 1.29 is 32.2 Å². The molecule has 36 heavy (non-hydrogen) atoms. The van der Waals surface area contributed by atoms with Crippen molar-refractivity contribution in [2.75, 3.05) is 26.5 Å². The molecule has 12 heteroatoms. The number of nitrogens with zero attached hydrogens (tertiary/aromatic N) is 2. The van der Waals surface area contributed by atoms with Crippen molar-refractivity contribution in [3.63, 3.8) is 0 Å². The topological polar surface area (TPSA) is 130 Å². The number of nitrogen functional groups attached to an aromatic ring is 1. The van der Waals surface area contributed by atoms with Crippen LogP contribution in [0.15, 0.2) is 47.4 Å². The molecule has 0 atom stereocenters. The molecule has 0 fully saturated rings. The molecule has 0 aliphatic rings. The van der Waals surface area contributed by atoms with Crippen molar-refractivity contribution in [2.45, 2.75) is 37.8 Å². The Bertz CT molecular complexity index is 1390. The number of fused-ring (bicyclic) bond motifs is 1. The Balaban J connectivity index is 2.18. The molecule has 0 radical (unpaired) electrons. The van der Waals surface area contributed by atoms with Gasteiger partial charge in [-0.05, 0) is 63.2 Å². The van der Waals surface area contributed by atoms with E-state index in [9.17, 15) is 18.0 Å². The number of benzene rings is 2. The van der Waals surface area contributed by atoms with Gasteiger partial charge >= 0.3 is 12.1 Å². The first-order chi connectivity index (χ1) is 16.8. The zero-order valence-corrected chi connectivity index (χ0v) is 22.1. The third kappa shape index (κ3) is 5.75. The lowest BCUT2D eigenvalue weighted by Crippen LogP contribution is -2.37. The average Bonchev–Trinajstić information content (AvgIpc) is 3.20. The zero-order chi connectivity index (χ0) is 26.8. The fraction of sp³-hybridized carbons (Fsp3) is 0.333. The highest BCUT2D eigenvalue weighted by Gasteiger charge is 2.31. The van der Waals surface area contributed by atoms with Crippen molar-refractivity contribution in [1.82, 2.24) is 8.87 Å². The molecule has 194 valence electrons. The van der Waals surface area contributed by atoms with Gasteiger partial charge in [0.2, 0.25) is 10.0 Å². The fourth-order valence-electron chi connectivity index (χ4n) is 3.50. The summed E-state index contributed by atoms with van der Waals surface area (Å²) in [5.41, 5.74) is 6.07. The molecule has 2 aromatic carbocycles. The standard InChI is InChI=1S/C24H28ClN3O7S/c1-24(2,3)35-23(30)28-15(12-18-20(26)11-10-19(25)22(18)28)13-27(14-21(29)34-5)36(31,32)17-8-6-16(33-4)7-9-17/h6-12H,13-14,26H2,1-5H3.